The van der Waals surface area contributed by atoms with Gasteiger partial charge in [0.2, 0.25) is 5.13 Å². The fraction of sp³-hybridized carbons (Fsp3) is 0. The molecule has 0 radical (unpaired) electrons. The molecule has 0 spiro atoms. The minimum Gasteiger partial charge on any atom is -0.330 e. The van der Waals surface area contributed by atoms with Gasteiger partial charge in [0.15, 0.2) is 10.0 Å². The first-order chi connectivity index (χ1) is 10.3. The van der Waals surface area contributed by atoms with Crippen molar-refractivity contribution in [1.82, 2.24) is 20.4 Å². The summed E-state index contributed by atoms with van der Waals surface area (Å²) in [5.74, 6) is 0. The molecule has 0 atom stereocenters. The third kappa shape index (κ3) is 3.53. The van der Waals surface area contributed by atoms with E-state index in [2.05, 4.69) is 25.7 Å². The molecular formula is C13H8N6S2. The molecule has 21 heavy (non-hydrogen) atoms. The summed E-state index contributed by atoms with van der Waals surface area (Å²) in [6.45, 7) is 0. The van der Waals surface area contributed by atoms with E-state index in [0.29, 0.717) is 15.9 Å². The number of rotatable bonds is 4. The summed E-state index contributed by atoms with van der Waals surface area (Å²) in [6, 6.07) is 15.1. The lowest BCUT2D eigenvalue weighted by atomic mass is 10.3. The minimum absolute atomic E-state index is 0.294. The van der Waals surface area contributed by atoms with E-state index in [4.69, 9.17) is 5.26 Å². The van der Waals surface area contributed by atoms with Crippen LogP contribution in [0.1, 0.15) is 5.69 Å². The van der Waals surface area contributed by atoms with Crippen molar-refractivity contribution in [3.63, 3.8) is 0 Å². The van der Waals surface area contributed by atoms with E-state index in [1.165, 1.54) is 23.1 Å². The lowest BCUT2D eigenvalue weighted by molar-refractivity contribution is 0.912. The van der Waals surface area contributed by atoms with Crippen LogP contribution >= 0.6 is 23.1 Å². The summed E-state index contributed by atoms with van der Waals surface area (Å²) in [4.78, 5) is 0. The second-order valence-electron chi connectivity index (χ2n) is 3.83. The Hall–Kier alpha value is -2.50. The lowest BCUT2D eigenvalue weighted by Crippen LogP contribution is -1.88. The molecule has 0 saturated heterocycles. The Kier molecular flexibility index (Phi) is 4.04. The summed E-state index contributed by atoms with van der Waals surface area (Å²) in [7, 11) is 0. The number of hydrogen-bond acceptors (Lipinski definition) is 8. The largest absolute Gasteiger partial charge is 0.330 e. The first kappa shape index (κ1) is 13.5. The van der Waals surface area contributed by atoms with Gasteiger partial charge in [-0.15, -0.1) is 20.4 Å². The van der Waals surface area contributed by atoms with Gasteiger partial charge < -0.3 is 5.32 Å². The van der Waals surface area contributed by atoms with E-state index in [0.717, 1.165) is 10.0 Å². The number of anilines is 2. The second-order valence-corrected chi connectivity index (χ2v) is 6.08. The maximum absolute atomic E-state index is 8.67. The van der Waals surface area contributed by atoms with Gasteiger partial charge in [0.05, 0.1) is 0 Å². The highest BCUT2D eigenvalue weighted by Crippen LogP contribution is 2.31. The number of hydrogen-bond donors (Lipinski definition) is 1. The zero-order valence-electron chi connectivity index (χ0n) is 10.6. The molecule has 0 saturated carbocycles. The van der Waals surface area contributed by atoms with Crippen molar-refractivity contribution in [1.29, 1.82) is 5.26 Å². The number of nitriles is 1. The quantitative estimate of drug-likeness (QED) is 0.792. The van der Waals surface area contributed by atoms with Gasteiger partial charge in [-0.05, 0) is 36.0 Å². The van der Waals surface area contributed by atoms with Crippen LogP contribution in [0, 0.1) is 11.3 Å². The number of nitrogens with one attached hydrogen (secondary N) is 1. The predicted molar refractivity (Wildman–Crippen MR) is 80.5 cm³/mol. The maximum atomic E-state index is 8.67. The van der Waals surface area contributed by atoms with Crippen LogP contribution in [0.5, 0.6) is 0 Å². The SMILES string of the molecule is N#Cc1ccc(Sc2nnc(Nc3ccccc3)s2)nn1. The van der Waals surface area contributed by atoms with Gasteiger partial charge in [-0.2, -0.15) is 5.26 Å². The van der Waals surface area contributed by atoms with E-state index in [9.17, 15) is 0 Å². The third-order valence-electron chi connectivity index (χ3n) is 2.38. The van der Waals surface area contributed by atoms with Crippen LogP contribution in [0.2, 0.25) is 0 Å². The van der Waals surface area contributed by atoms with Crippen LogP contribution in [-0.2, 0) is 0 Å². The highest BCUT2D eigenvalue weighted by Gasteiger charge is 2.07. The Morgan fingerprint density at radius 1 is 1.00 bits per heavy atom. The summed E-state index contributed by atoms with van der Waals surface area (Å²) in [5.41, 5.74) is 1.26. The van der Waals surface area contributed by atoms with Crippen LogP contribution in [0.3, 0.4) is 0 Å². The van der Waals surface area contributed by atoms with Crippen molar-refractivity contribution in [2.24, 2.45) is 0 Å². The molecule has 2 aromatic heterocycles. The van der Waals surface area contributed by atoms with Crippen molar-refractivity contribution in [3.8, 4) is 6.07 Å². The van der Waals surface area contributed by atoms with Gasteiger partial charge in [0.1, 0.15) is 11.1 Å². The van der Waals surface area contributed by atoms with Crippen molar-refractivity contribution in [3.05, 3.63) is 48.2 Å². The first-order valence-corrected chi connectivity index (χ1v) is 7.54. The van der Waals surface area contributed by atoms with Crippen LogP contribution in [0.25, 0.3) is 0 Å². The molecule has 6 nitrogen and oxygen atoms in total. The van der Waals surface area contributed by atoms with Gasteiger partial charge in [-0.3, -0.25) is 0 Å². The molecule has 1 aromatic carbocycles. The Balaban J connectivity index is 1.68. The third-order valence-corrected chi connectivity index (χ3v) is 4.19. The molecule has 3 aromatic rings. The van der Waals surface area contributed by atoms with E-state index >= 15 is 0 Å². The number of nitrogens with zero attached hydrogens (tertiary/aromatic N) is 5. The molecular weight excluding hydrogens is 304 g/mol. The highest BCUT2D eigenvalue weighted by molar-refractivity contribution is 8.01. The standard InChI is InChI=1S/C13H8N6S2/c14-8-10-6-7-11(17-16-10)20-13-19-18-12(21-13)15-9-4-2-1-3-5-9/h1-7H,(H,15,18). The molecule has 0 unspecified atom stereocenters. The van der Waals surface area contributed by atoms with Crippen LogP contribution in [0.4, 0.5) is 10.8 Å². The van der Waals surface area contributed by atoms with Crippen LogP contribution < -0.4 is 5.32 Å². The van der Waals surface area contributed by atoms with Crippen molar-refractivity contribution in [2.45, 2.75) is 9.37 Å². The fourth-order valence-corrected chi connectivity index (χ4v) is 3.11. The second kappa shape index (κ2) is 6.30. The minimum atomic E-state index is 0.294. The number of aromatic nitrogens is 4. The molecule has 0 aliphatic rings. The normalized spacial score (nSPS) is 10.0. The Bertz CT molecular complexity index is 763. The molecule has 1 N–H and O–H groups in total. The zero-order valence-corrected chi connectivity index (χ0v) is 12.2. The van der Waals surface area contributed by atoms with E-state index in [-0.39, 0.29) is 0 Å². The predicted octanol–water partition coefficient (Wildman–Crippen LogP) is 3.09. The molecule has 2 heterocycles. The molecule has 0 bridgehead atoms. The zero-order chi connectivity index (χ0) is 14.5. The molecule has 0 aliphatic heterocycles. The Labute approximate surface area is 128 Å². The Morgan fingerprint density at radius 3 is 2.57 bits per heavy atom. The molecule has 102 valence electrons. The summed E-state index contributed by atoms with van der Waals surface area (Å²) < 4.78 is 0.757. The molecule has 0 fully saturated rings. The van der Waals surface area contributed by atoms with E-state index in [1.807, 2.05) is 36.4 Å². The molecule has 0 amide bonds. The van der Waals surface area contributed by atoms with Crippen molar-refractivity contribution >= 4 is 33.9 Å². The molecule has 3 rings (SSSR count). The number of para-hydroxylation sites is 1. The smallest absolute Gasteiger partial charge is 0.210 e. The van der Waals surface area contributed by atoms with Crippen molar-refractivity contribution < 1.29 is 0 Å². The van der Waals surface area contributed by atoms with Gasteiger partial charge in [0, 0.05) is 5.69 Å². The Morgan fingerprint density at radius 2 is 1.86 bits per heavy atom. The summed E-state index contributed by atoms with van der Waals surface area (Å²) in [5, 5.41) is 29.1. The van der Waals surface area contributed by atoms with Gasteiger partial charge in [-0.25, -0.2) is 0 Å². The highest BCUT2D eigenvalue weighted by atomic mass is 32.2. The summed E-state index contributed by atoms with van der Waals surface area (Å²) in [6.07, 6.45) is 0. The van der Waals surface area contributed by atoms with Gasteiger partial charge >= 0.3 is 0 Å². The van der Waals surface area contributed by atoms with Crippen LogP contribution in [0.15, 0.2) is 51.8 Å². The van der Waals surface area contributed by atoms with Gasteiger partial charge in [0.25, 0.3) is 0 Å². The number of benzene rings is 1. The van der Waals surface area contributed by atoms with E-state index in [1.54, 1.807) is 12.1 Å². The average molecular weight is 312 g/mol. The van der Waals surface area contributed by atoms with Crippen molar-refractivity contribution in [2.75, 3.05) is 5.32 Å². The lowest BCUT2D eigenvalue weighted by Gasteiger charge is -1.99. The average Bonchev–Trinajstić information content (AvgIpc) is 2.96. The maximum Gasteiger partial charge on any atom is 0.210 e. The first-order valence-electron chi connectivity index (χ1n) is 5.91. The van der Waals surface area contributed by atoms with E-state index < -0.39 is 0 Å². The van der Waals surface area contributed by atoms with Gasteiger partial charge in [-0.1, -0.05) is 29.5 Å². The fourth-order valence-electron chi connectivity index (χ4n) is 1.47. The summed E-state index contributed by atoms with van der Waals surface area (Å²) >= 11 is 2.79. The topological polar surface area (TPSA) is 87.4 Å². The van der Waals surface area contributed by atoms with Crippen LogP contribution in [-0.4, -0.2) is 20.4 Å². The monoisotopic (exact) mass is 312 g/mol. The molecule has 0 aliphatic carbocycles. The molecule has 8 heteroatoms.